The summed E-state index contributed by atoms with van der Waals surface area (Å²) in [6, 6.07) is 1.86. The fourth-order valence-corrected chi connectivity index (χ4v) is 4.31. The van der Waals surface area contributed by atoms with Crippen LogP contribution in [0.2, 0.25) is 5.15 Å². The monoisotopic (exact) mass is 455 g/mol. The molecule has 1 aromatic heterocycles. The van der Waals surface area contributed by atoms with Crippen LogP contribution in [0.25, 0.3) is 0 Å². The van der Waals surface area contributed by atoms with E-state index in [0.717, 1.165) is 37.9 Å². The van der Waals surface area contributed by atoms with Gasteiger partial charge >= 0.3 is 0 Å². The Bertz CT molecular complexity index is 706. The van der Waals surface area contributed by atoms with Gasteiger partial charge in [0.2, 0.25) is 11.8 Å². The van der Waals surface area contributed by atoms with Gasteiger partial charge in [0.05, 0.1) is 5.75 Å². The quantitative estimate of drug-likeness (QED) is 0.237. The first-order chi connectivity index (χ1) is 14.4. The van der Waals surface area contributed by atoms with Gasteiger partial charge in [0.15, 0.2) is 5.16 Å². The third-order valence-corrected chi connectivity index (χ3v) is 6.15. The van der Waals surface area contributed by atoms with E-state index in [2.05, 4.69) is 41.0 Å². The van der Waals surface area contributed by atoms with Gasteiger partial charge in [-0.25, -0.2) is 9.97 Å². The predicted molar refractivity (Wildman–Crippen MR) is 123 cm³/mol. The van der Waals surface area contributed by atoms with Crippen LogP contribution in [0.4, 0.5) is 5.82 Å². The molecule has 1 aliphatic rings. The average Bonchev–Trinajstić information content (AvgIpc) is 2.72. The number of nitrogens with one attached hydrogen (secondary N) is 1. The van der Waals surface area contributed by atoms with E-state index in [-0.39, 0.29) is 23.6 Å². The van der Waals surface area contributed by atoms with Crippen LogP contribution in [-0.4, -0.2) is 64.7 Å². The van der Waals surface area contributed by atoms with Gasteiger partial charge in [-0.2, -0.15) is 0 Å². The lowest BCUT2D eigenvalue weighted by atomic mass is 10.1. The number of amides is 2. The molecule has 1 atom stereocenters. The lowest BCUT2D eigenvalue weighted by Gasteiger charge is -2.40. The van der Waals surface area contributed by atoms with Crippen molar-refractivity contribution in [2.75, 3.05) is 36.8 Å². The van der Waals surface area contributed by atoms with Crippen molar-refractivity contribution >= 4 is 41.0 Å². The van der Waals surface area contributed by atoms with E-state index in [4.69, 9.17) is 11.6 Å². The molecule has 1 aromatic rings. The summed E-state index contributed by atoms with van der Waals surface area (Å²) in [6.45, 7) is 9.08. The topological polar surface area (TPSA) is 78.4 Å². The zero-order valence-electron chi connectivity index (χ0n) is 18.3. The first-order valence-electron chi connectivity index (χ1n) is 10.9. The van der Waals surface area contributed by atoms with Gasteiger partial charge in [0, 0.05) is 44.7 Å². The Morgan fingerprint density at radius 2 is 1.97 bits per heavy atom. The summed E-state index contributed by atoms with van der Waals surface area (Å²) in [7, 11) is 0. The molecule has 9 heteroatoms. The number of unbranched alkanes of at least 4 members (excludes halogenated alkanes) is 3. The van der Waals surface area contributed by atoms with Gasteiger partial charge < -0.3 is 15.1 Å². The van der Waals surface area contributed by atoms with Crippen molar-refractivity contribution in [2.24, 2.45) is 0 Å². The number of carbonyl (C=O) groups is 2. The molecule has 0 aliphatic carbocycles. The van der Waals surface area contributed by atoms with Crippen molar-refractivity contribution in [3.05, 3.63) is 11.2 Å². The second-order valence-corrected chi connectivity index (χ2v) is 8.99. The normalized spacial score (nSPS) is 16.6. The van der Waals surface area contributed by atoms with Crippen LogP contribution in [-0.2, 0) is 9.59 Å². The second kappa shape index (κ2) is 13.0. The van der Waals surface area contributed by atoms with Gasteiger partial charge in [0.1, 0.15) is 11.0 Å². The third kappa shape index (κ3) is 7.95. The molecule has 0 aromatic carbocycles. The zero-order valence-corrected chi connectivity index (χ0v) is 19.9. The summed E-state index contributed by atoms with van der Waals surface area (Å²) in [5.74, 6) is 1.22. The standard InChI is InChI=1S/C21H34ClN5O2S/c1-4-6-8-9-20(29)27-12-11-26(14-16(27)3)18-13-17(22)24-21(25-18)30-15-19(28)23-10-7-5-2/h13,16H,4-12,14-15H2,1-3H3,(H,23,28). The summed E-state index contributed by atoms with van der Waals surface area (Å²) in [5, 5.41) is 3.74. The SMILES string of the molecule is CCCCCC(=O)N1CCN(c2cc(Cl)nc(SCC(=O)NCCCC)n2)CC1C. The van der Waals surface area contributed by atoms with E-state index in [1.807, 2.05) is 4.90 Å². The Hall–Kier alpha value is -1.54. The van der Waals surface area contributed by atoms with E-state index in [9.17, 15) is 9.59 Å². The minimum absolute atomic E-state index is 0.0256. The molecule has 1 N–H and O–H groups in total. The van der Waals surface area contributed by atoms with Gasteiger partial charge in [0.25, 0.3) is 0 Å². The van der Waals surface area contributed by atoms with Crippen molar-refractivity contribution < 1.29 is 9.59 Å². The van der Waals surface area contributed by atoms with Gasteiger partial charge in [-0.3, -0.25) is 9.59 Å². The molecule has 30 heavy (non-hydrogen) atoms. The number of hydrogen-bond acceptors (Lipinski definition) is 6. The smallest absolute Gasteiger partial charge is 0.230 e. The molecule has 7 nitrogen and oxygen atoms in total. The predicted octanol–water partition coefficient (Wildman–Crippen LogP) is 3.76. The molecule has 1 unspecified atom stereocenters. The number of hydrogen-bond donors (Lipinski definition) is 1. The molecule has 0 saturated carbocycles. The van der Waals surface area contributed by atoms with E-state index in [1.165, 1.54) is 11.8 Å². The highest BCUT2D eigenvalue weighted by Gasteiger charge is 2.28. The Balaban J connectivity index is 1.92. The average molecular weight is 456 g/mol. The maximum atomic E-state index is 12.5. The molecule has 1 aliphatic heterocycles. The van der Waals surface area contributed by atoms with Crippen molar-refractivity contribution in [2.45, 2.75) is 70.5 Å². The molecule has 2 rings (SSSR count). The van der Waals surface area contributed by atoms with Crippen LogP contribution >= 0.6 is 23.4 Å². The largest absolute Gasteiger partial charge is 0.355 e. The highest BCUT2D eigenvalue weighted by molar-refractivity contribution is 7.99. The number of aromatic nitrogens is 2. The van der Waals surface area contributed by atoms with Crippen molar-refractivity contribution in [1.29, 1.82) is 0 Å². The van der Waals surface area contributed by atoms with Crippen molar-refractivity contribution in [3.8, 4) is 0 Å². The molecule has 2 amide bonds. The molecule has 0 radical (unpaired) electrons. The highest BCUT2D eigenvalue weighted by Crippen LogP contribution is 2.24. The summed E-state index contributed by atoms with van der Waals surface area (Å²) in [4.78, 5) is 37.4. The third-order valence-electron chi connectivity index (χ3n) is 5.11. The van der Waals surface area contributed by atoms with E-state index < -0.39 is 0 Å². The van der Waals surface area contributed by atoms with E-state index in [0.29, 0.717) is 42.9 Å². The number of carbonyl (C=O) groups excluding carboxylic acids is 2. The van der Waals surface area contributed by atoms with Crippen LogP contribution < -0.4 is 10.2 Å². The summed E-state index contributed by atoms with van der Waals surface area (Å²) < 4.78 is 0. The number of nitrogens with zero attached hydrogens (tertiary/aromatic N) is 4. The fourth-order valence-electron chi connectivity index (χ4n) is 3.40. The van der Waals surface area contributed by atoms with Crippen LogP contribution in [0.1, 0.15) is 59.3 Å². The van der Waals surface area contributed by atoms with E-state index in [1.54, 1.807) is 6.07 Å². The highest BCUT2D eigenvalue weighted by atomic mass is 35.5. The molecule has 2 heterocycles. The lowest BCUT2D eigenvalue weighted by molar-refractivity contribution is -0.133. The Labute approximate surface area is 189 Å². The maximum Gasteiger partial charge on any atom is 0.230 e. The second-order valence-electron chi connectivity index (χ2n) is 7.66. The molecule has 168 valence electrons. The van der Waals surface area contributed by atoms with Crippen LogP contribution in [0, 0.1) is 0 Å². The Morgan fingerprint density at radius 3 is 2.67 bits per heavy atom. The Kier molecular flexibility index (Phi) is 10.7. The molecule has 1 saturated heterocycles. The first-order valence-corrected chi connectivity index (χ1v) is 12.3. The zero-order chi connectivity index (χ0) is 21.9. The van der Waals surface area contributed by atoms with Gasteiger partial charge in [-0.15, -0.1) is 0 Å². The molecule has 1 fully saturated rings. The fraction of sp³-hybridized carbons (Fsp3) is 0.714. The number of rotatable bonds is 11. The Morgan fingerprint density at radius 1 is 1.20 bits per heavy atom. The number of anilines is 1. The molecular weight excluding hydrogens is 422 g/mol. The molecule has 0 spiro atoms. The van der Waals surface area contributed by atoms with Crippen LogP contribution in [0.5, 0.6) is 0 Å². The van der Waals surface area contributed by atoms with Crippen molar-refractivity contribution in [3.63, 3.8) is 0 Å². The summed E-state index contributed by atoms with van der Waals surface area (Å²) in [6.07, 6.45) is 5.81. The number of thioether (sulfide) groups is 1. The minimum Gasteiger partial charge on any atom is -0.355 e. The van der Waals surface area contributed by atoms with Crippen molar-refractivity contribution in [1.82, 2.24) is 20.2 Å². The molecule has 0 bridgehead atoms. The molecular formula is C21H34ClN5O2S. The van der Waals surface area contributed by atoms with Crippen LogP contribution in [0.3, 0.4) is 0 Å². The summed E-state index contributed by atoms with van der Waals surface area (Å²) >= 11 is 7.50. The lowest BCUT2D eigenvalue weighted by Crippen LogP contribution is -2.54. The summed E-state index contributed by atoms with van der Waals surface area (Å²) in [5.41, 5.74) is 0. The van der Waals surface area contributed by atoms with Gasteiger partial charge in [-0.05, 0) is 19.8 Å². The number of halogens is 1. The number of piperazine rings is 1. The van der Waals surface area contributed by atoms with Gasteiger partial charge in [-0.1, -0.05) is 56.5 Å². The van der Waals surface area contributed by atoms with Crippen LogP contribution in [0.15, 0.2) is 11.2 Å². The first kappa shape index (κ1) is 24.7. The minimum atomic E-state index is -0.0256. The van der Waals surface area contributed by atoms with E-state index >= 15 is 0 Å². The maximum absolute atomic E-state index is 12.5.